The smallest absolute Gasteiger partial charge is 0.256 e. The van der Waals surface area contributed by atoms with Gasteiger partial charge in [0, 0.05) is 24.3 Å². The van der Waals surface area contributed by atoms with Gasteiger partial charge in [0.15, 0.2) is 11.5 Å². The van der Waals surface area contributed by atoms with Crippen LogP contribution in [0.15, 0.2) is 35.1 Å². The molecule has 1 heterocycles. The van der Waals surface area contributed by atoms with Gasteiger partial charge in [-0.15, -0.1) is 0 Å². The summed E-state index contributed by atoms with van der Waals surface area (Å²) in [6, 6.07) is 8.23. The van der Waals surface area contributed by atoms with Crippen molar-refractivity contribution in [3.8, 4) is 11.5 Å². The van der Waals surface area contributed by atoms with Crippen molar-refractivity contribution in [3.63, 3.8) is 0 Å². The number of aromatic amines is 1. The van der Waals surface area contributed by atoms with Gasteiger partial charge in [-0.1, -0.05) is 6.07 Å². The number of carbonyl (C=O) groups excluding carboxylic acids is 1. The van der Waals surface area contributed by atoms with Gasteiger partial charge in [-0.3, -0.25) is 9.59 Å². The quantitative estimate of drug-likeness (QED) is 0.881. The van der Waals surface area contributed by atoms with Gasteiger partial charge < -0.3 is 19.7 Å². The summed E-state index contributed by atoms with van der Waals surface area (Å²) < 4.78 is 5.13. The predicted molar refractivity (Wildman–Crippen MR) is 89.4 cm³/mol. The first-order valence-electron chi connectivity index (χ1n) is 7.86. The van der Waals surface area contributed by atoms with E-state index in [-0.39, 0.29) is 23.3 Å². The fourth-order valence-corrected chi connectivity index (χ4v) is 2.73. The number of aromatic hydroxyl groups is 1. The normalized spacial score (nSPS) is 13.6. The molecule has 0 radical (unpaired) electrons. The van der Waals surface area contributed by atoms with E-state index in [1.54, 1.807) is 31.2 Å². The summed E-state index contributed by atoms with van der Waals surface area (Å²) in [5.74, 6) is 0.358. The van der Waals surface area contributed by atoms with Crippen LogP contribution in [0, 0.1) is 6.92 Å². The lowest BCUT2D eigenvalue weighted by molar-refractivity contribution is 0.0728. The zero-order valence-electron chi connectivity index (χ0n) is 13.7. The topological polar surface area (TPSA) is 82.6 Å². The zero-order chi connectivity index (χ0) is 17.3. The Morgan fingerprint density at radius 2 is 2.08 bits per heavy atom. The highest BCUT2D eigenvalue weighted by atomic mass is 16.5. The third kappa shape index (κ3) is 3.27. The number of pyridine rings is 1. The average Bonchev–Trinajstić information content (AvgIpc) is 3.38. The van der Waals surface area contributed by atoms with Crippen molar-refractivity contribution in [2.24, 2.45) is 0 Å². The molecule has 0 aliphatic heterocycles. The molecule has 0 bridgehead atoms. The SMILES string of the molecule is COc1cc(CN(C(=O)c2ccc(=O)[nH]c2C)C2CC2)ccc1O. The Morgan fingerprint density at radius 3 is 2.71 bits per heavy atom. The summed E-state index contributed by atoms with van der Waals surface area (Å²) in [7, 11) is 1.49. The number of benzene rings is 1. The number of carbonyl (C=O) groups is 1. The summed E-state index contributed by atoms with van der Waals surface area (Å²) in [6.45, 7) is 2.15. The number of hydrogen-bond acceptors (Lipinski definition) is 4. The molecule has 2 N–H and O–H groups in total. The Bertz CT molecular complexity index is 824. The molecular formula is C18H20N2O4. The lowest BCUT2D eigenvalue weighted by atomic mass is 10.1. The molecule has 6 heteroatoms. The molecule has 1 aromatic carbocycles. The van der Waals surface area contributed by atoms with Crippen LogP contribution < -0.4 is 10.3 Å². The Labute approximate surface area is 139 Å². The molecule has 0 unspecified atom stereocenters. The van der Waals surface area contributed by atoms with Gasteiger partial charge >= 0.3 is 0 Å². The van der Waals surface area contributed by atoms with Gasteiger partial charge in [0.2, 0.25) is 5.56 Å². The van der Waals surface area contributed by atoms with Crippen LogP contribution in [0.4, 0.5) is 0 Å². The van der Waals surface area contributed by atoms with Gasteiger partial charge in [0.25, 0.3) is 5.91 Å². The van der Waals surface area contributed by atoms with Crippen LogP contribution in [0.25, 0.3) is 0 Å². The minimum absolute atomic E-state index is 0.0713. The Morgan fingerprint density at radius 1 is 1.33 bits per heavy atom. The minimum Gasteiger partial charge on any atom is -0.504 e. The van der Waals surface area contributed by atoms with Crippen LogP contribution >= 0.6 is 0 Å². The van der Waals surface area contributed by atoms with Crippen LogP contribution in [0.1, 0.15) is 34.5 Å². The van der Waals surface area contributed by atoms with Crippen LogP contribution in [0.2, 0.25) is 0 Å². The molecule has 1 aliphatic rings. The highest BCUT2D eigenvalue weighted by Gasteiger charge is 2.33. The third-order valence-corrected chi connectivity index (χ3v) is 4.19. The summed E-state index contributed by atoms with van der Waals surface area (Å²) in [6.07, 6.45) is 1.95. The van der Waals surface area contributed by atoms with E-state index in [9.17, 15) is 14.7 Å². The monoisotopic (exact) mass is 328 g/mol. The number of ether oxygens (including phenoxy) is 1. The van der Waals surface area contributed by atoms with E-state index in [1.807, 2.05) is 4.90 Å². The van der Waals surface area contributed by atoms with E-state index in [4.69, 9.17) is 4.74 Å². The van der Waals surface area contributed by atoms with E-state index in [0.717, 1.165) is 18.4 Å². The summed E-state index contributed by atoms with van der Waals surface area (Å²) in [5, 5.41) is 9.70. The maximum atomic E-state index is 12.9. The summed E-state index contributed by atoms with van der Waals surface area (Å²) in [5.41, 5.74) is 1.74. The molecular weight excluding hydrogens is 308 g/mol. The maximum Gasteiger partial charge on any atom is 0.256 e. The molecule has 0 saturated heterocycles. The van der Waals surface area contributed by atoms with E-state index in [1.165, 1.54) is 13.2 Å². The Kier molecular flexibility index (Phi) is 4.29. The first-order chi connectivity index (χ1) is 11.5. The average molecular weight is 328 g/mol. The second-order valence-corrected chi connectivity index (χ2v) is 6.03. The fourth-order valence-electron chi connectivity index (χ4n) is 2.73. The van der Waals surface area contributed by atoms with Crippen LogP contribution in [0.3, 0.4) is 0 Å². The minimum atomic E-state index is -0.217. The molecule has 3 rings (SSSR count). The highest BCUT2D eigenvalue weighted by molar-refractivity contribution is 5.95. The number of aryl methyl sites for hydroxylation is 1. The molecule has 1 aromatic heterocycles. The van der Waals surface area contributed by atoms with Crippen LogP contribution in [-0.2, 0) is 6.54 Å². The van der Waals surface area contributed by atoms with Gasteiger partial charge in [0.05, 0.1) is 12.7 Å². The van der Waals surface area contributed by atoms with E-state index in [0.29, 0.717) is 23.6 Å². The number of aromatic nitrogens is 1. The maximum absolute atomic E-state index is 12.9. The lowest BCUT2D eigenvalue weighted by Gasteiger charge is -2.23. The number of nitrogens with one attached hydrogen (secondary N) is 1. The highest BCUT2D eigenvalue weighted by Crippen LogP contribution is 2.32. The summed E-state index contributed by atoms with van der Waals surface area (Å²) >= 11 is 0. The number of phenols is 1. The number of nitrogens with zero attached hydrogens (tertiary/aromatic N) is 1. The number of methoxy groups -OCH3 is 1. The third-order valence-electron chi connectivity index (χ3n) is 4.19. The molecule has 24 heavy (non-hydrogen) atoms. The Hall–Kier alpha value is -2.76. The number of hydrogen-bond donors (Lipinski definition) is 2. The van der Waals surface area contributed by atoms with Gasteiger partial charge in [0.1, 0.15) is 0 Å². The molecule has 1 saturated carbocycles. The second kappa shape index (κ2) is 6.39. The first-order valence-corrected chi connectivity index (χ1v) is 7.86. The van der Waals surface area contributed by atoms with E-state index >= 15 is 0 Å². The van der Waals surface area contributed by atoms with Crippen molar-refractivity contribution < 1.29 is 14.6 Å². The number of phenolic OH excluding ortho intramolecular Hbond substituents is 1. The van der Waals surface area contributed by atoms with Crippen molar-refractivity contribution >= 4 is 5.91 Å². The predicted octanol–water partition coefficient (Wildman–Crippen LogP) is 2.20. The first kappa shape index (κ1) is 16.1. The number of amides is 1. The van der Waals surface area contributed by atoms with Crippen molar-refractivity contribution in [2.75, 3.05) is 7.11 Å². The summed E-state index contributed by atoms with van der Waals surface area (Å²) in [4.78, 5) is 28.7. The molecule has 2 aromatic rings. The molecule has 0 spiro atoms. The largest absolute Gasteiger partial charge is 0.504 e. The molecule has 0 atom stereocenters. The standard InChI is InChI=1S/C18H20N2O4/c1-11-14(6-8-17(22)19-11)18(23)20(13-4-5-13)10-12-3-7-15(21)16(9-12)24-2/h3,6-9,13,21H,4-5,10H2,1-2H3,(H,19,22). The van der Waals surface area contributed by atoms with Crippen molar-refractivity contribution in [1.29, 1.82) is 0 Å². The Balaban J connectivity index is 1.87. The van der Waals surface area contributed by atoms with E-state index < -0.39 is 0 Å². The fraction of sp³-hybridized carbons (Fsp3) is 0.333. The van der Waals surface area contributed by atoms with Crippen molar-refractivity contribution in [2.45, 2.75) is 32.4 Å². The van der Waals surface area contributed by atoms with Gasteiger partial charge in [-0.05, 0) is 43.5 Å². The zero-order valence-corrected chi connectivity index (χ0v) is 13.7. The molecule has 1 aliphatic carbocycles. The van der Waals surface area contributed by atoms with Crippen LogP contribution in [0.5, 0.6) is 11.5 Å². The lowest BCUT2D eigenvalue weighted by Crippen LogP contribution is -2.33. The van der Waals surface area contributed by atoms with E-state index in [2.05, 4.69) is 4.98 Å². The van der Waals surface area contributed by atoms with Crippen molar-refractivity contribution in [3.05, 3.63) is 57.5 Å². The van der Waals surface area contributed by atoms with Crippen molar-refractivity contribution in [1.82, 2.24) is 9.88 Å². The van der Waals surface area contributed by atoms with Gasteiger partial charge in [-0.25, -0.2) is 0 Å². The number of rotatable bonds is 5. The molecule has 126 valence electrons. The molecule has 6 nitrogen and oxygen atoms in total. The molecule has 1 amide bonds. The van der Waals surface area contributed by atoms with Crippen LogP contribution in [-0.4, -0.2) is 34.0 Å². The second-order valence-electron chi connectivity index (χ2n) is 6.03. The number of H-pyrrole nitrogens is 1. The van der Waals surface area contributed by atoms with Gasteiger partial charge in [-0.2, -0.15) is 0 Å². The molecule has 1 fully saturated rings.